The van der Waals surface area contributed by atoms with Crippen LogP contribution >= 0.6 is 23.1 Å². The van der Waals surface area contributed by atoms with Crippen molar-refractivity contribution in [2.24, 2.45) is 0 Å². The first-order chi connectivity index (χ1) is 13.1. The molecule has 0 saturated heterocycles. The molecule has 0 bridgehead atoms. The van der Waals surface area contributed by atoms with Gasteiger partial charge in [-0.2, -0.15) is 0 Å². The van der Waals surface area contributed by atoms with Crippen molar-refractivity contribution in [3.63, 3.8) is 0 Å². The van der Waals surface area contributed by atoms with Gasteiger partial charge in [0.15, 0.2) is 11.0 Å². The lowest BCUT2D eigenvalue weighted by molar-refractivity contribution is 0.591. The monoisotopic (exact) mass is 403 g/mol. The Kier molecular flexibility index (Phi) is 4.79. The van der Waals surface area contributed by atoms with Crippen LogP contribution < -0.4 is 5.73 Å². The lowest BCUT2D eigenvalue weighted by Crippen LogP contribution is -2.00. The molecular weight excluding hydrogens is 388 g/mol. The van der Waals surface area contributed by atoms with Gasteiger partial charge in [0.25, 0.3) is 0 Å². The van der Waals surface area contributed by atoms with Crippen molar-refractivity contribution < 1.29 is 8.78 Å². The maximum atomic E-state index is 13.9. The Morgan fingerprint density at radius 1 is 1.22 bits per heavy atom. The first-order valence-electron chi connectivity index (χ1n) is 8.21. The second-order valence-electron chi connectivity index (χ2n) is 5.78. The van der Waals surface area contributed by atoms with Gasteiger partial charge in [-0.15, -0.1) is 21.5 Å². The summed E-state index contributed by atoms with van der Waals surface area (Å²) in [7, 11) is 0. The lowest BCUT2D eigenvalue weighted by atomic mass is 10.2. The first-order valence-corrected chi connectivity index (χ1v) is 10.0. The van der Waals surface area contributed by atoms with Crippen LogP contribution in [0.5, 0.6) is 0 Å². The number of fused-ring (bicyclic) bond motifs is 1. The molecule has 2 N–H and O–H groups in total. The van der Waals surface area contributed by atoms with Gasteiger partial charge in [0, 0.05) is 29.4 Å². The van der Waals surface area contributed by atoms with E-state index in [1.54, 1.807) is 6.20 Å². The zero-order valence-corrected chi connectivity index (χ0v) is 15.9. The van der Waals surface area contributed by atoms with Gasteiger partial charge >= 0.3 is 0 Å². The van der Waals surface area contributed by atoms with Crippen LogP contribution in [0.2, 0.25) is 0 Å². The van der Waals surface area contributed by atoms with Crippen LogP contribution in [-0.4, -0.2) is 19.7 Å². The van der Waals surface area contributed by atoms with Gasteiger partial charge in [-0.25, -0.2) is 13.8 Å². The van der Waals surface area contributed by atoms with Crippen LogP contribution in [-0.2, 0) is 12.3 Å². The van der Waals surface area contributed by atoms with E-state index in [4.69, 9.17) is 5.73 Å². The molecule has 5 nitrogen and oxygen atoms in total. The van der Waals surface area contributed by atoms with Crippen LogP contribution in [0.3, 0.4) is 0 Å². The number of hydrogen-bond donors (Lipinski definition) is 1. The standard InChI is InChI=1S/C18H15F2N5S2/c1-2-25-16(15-14(21)12-4-3-7-22-17(12)27-15)23-24-18(25)26-9-10-8-11(19)5-6-13(10)20/h3-8H,2,9,21H2,1H3. The number of rotatable bonds is 5. The minimum Gasteiger partial charge on any atom is -0.397 e. The maximum absolute atomic E-state index is 13.9. The smallest absolute Gasteiger partial charge is 0.191 e. The summed E-state index contributed by atoms with van der Waals surface area (Å²) >= 11 is 2.77. The number of aromatic nitrogens is 4. The van der Waals surface area contributed by atoms with E-state index in [0.717, 1.165) is 27.2 Å². The van der Waals surface area contributed by atoms with E-state index in [1.807, 2.05) is 23.6 Å². The Morgan fingerprint density at radius 2 is 2.07 bits per heavy atom. The van der Waals surface area contributed by atoms with Crippen molar-refractivity contribution in [3.8, 4) is 10.7 Å². The Morgan fingerprint density at radius 3 is 2.85 bits per heavy atom. The third-order valence-corrected chi connectivity index (χ3v) is 6.25. The van der Waals surface area contributed by atoms with E-state index >= 15 is 0 Å². The molecule has 0 atom stereocenters. The predicted molar refractivity (Wildman–Crippen MR) is 105 cm³/mol. The molecule has 4 aromatic rings. The van der Waals surface area contributed by atoms with E-state index in [0.29, 0.717) is 23.2 Å². The molecule has 0 fully saturated rings. The van der Waals surface area contributed by atoms with Crippen molar-refractivity contribution in [2.45, 2.75) is 24.4 Å². The first kappa shape index (κ1) is 17.9. The molecule has 0 amide bonds. The molecule has 138 valence electrons. The molecule has 0 saturated carbocycles. The van der Waals surface area contributed by atoms with Crippen molar-refractivity contribution >= 4 is 39.0 Å². The summed E-state index contributed by atoms with van der Waals surface area (Å²) in [5.41, 5.74) is 7.21. The largest absolute Gasteiger partial charge is 0.397 e. The van der Waals surface area contributed by atoms with E-state index in [-0.39, 0.29) is 11.3 Å². The van der Waals surface area contributed by atoms with Gasteiger partial charge in [-0.1, -0.05) is 11.8 Å². The quantitative estimate of drug-likeness (QED) is 0.488. The molecule has 0 aliphatic rings. The number of thioether (sulfide) groups is 1. The highest BCUT2D eigenvalue weighted by molar-refractivity contribution is 7.98. The molecule has 1 aromatic carbocycles. The average Bonchev–Trinajstić information content (AvgIpc) is 3.23. The van der Waals surface area contributed by atoms with Crippen LogP contribution in [0.4, 0.5) is 14.5 Å². The third-order valence-electron chi connectivity index (χ3n) is 4.11. The number of hydrogen-bond acceptors (Lipinski definition) is 6. The minimum atomic E-state index is -0.463. The van der Waals surface area contributed by atoms with Crippen LogP contribution in [0.25, 0.3) is 20.9 Å². The molecule has 3 aromatic heterocycles. The van der Waals surface area contributed by atoms with Crippen molar-refractivity contribution in [3.05, 3.63) is 53.7 Å². The second kappa shape index (κ2) is 7.24. The molecule has 4 rings (SSSR count). The number of nitrogen functional groups attached to an aromatic ring is 1. The van der Waals surface area contributed by atoms with Gasteiger partial charge in [-0.3, -0.25) is 0 Å². The highest BCUT2D eigenvalue weighted by Crippen LogP contribution is 2.40. The van der Waals surface area contributed by atoms with Crippen molar-refractivity contribution in [1.29, 1.82) is 0 Å². The number of halogens is 2. The summed E-state index contributed by atoms with van der Waals surface area (Å²) in [6.45, 7) is 2.60. The number of anilines is 1. The number of benzene rings is 1. The molecule has 0 aliphatic carbocycles. The minimum absolute atomic E-state index is 0.255. The Balaban J connectivity index is 1.67. The summed E-state index contributed by atoms with van der Waals surface area (Å²) in [5, 5.41) is 10.0. The molecule has 3 heterocycles. The molecule has 9 heteroatoms. The highest BCUT2D eigenvalue weighted by Gasteiger charge is 2.20. The number of pyridine rings is 1. The van der Waals surface area contributed by atoms with Crippen LogP contribution in [0.1, 0.15) is 12.5 Å². The maximum Gasteiger partial charge on any atom is 0.191 e. The summed E-state index contributed by atoms with van der Waals surface area (Å²) in [4.78, 5) is 5.99. The van der Waals surface area contributed by atoms with Crippen molar-refractivity contribution in [1.82, 2.24) is 19.7 Å². The molecule has 27 heavy (non-hydrogen) atoms. The zero-order chi connectivity index (χ0) is 19.0. The van der Waals surface area contributed by atoms with Crippen molar-refractivity contribution in [2.75, 3.05) is 5.73 Å². The fourth-order valence-corrected chi connectivity index (χ4v) is 4.79. The summed E-state index contributed by atoms with van der Waals surface area (Å²) in [6, 6.07) is 7.20. The SMILES string of the molecule is CCn1c(SCc2cc(F)ccc2F)nnc1-c1sc2ncccc2c1N. The Labute approximate surface area is 162 Å². The number of nitrogens with zero attached hydrogens (tertiary/aromatic N) is 4. The molecular formula is C18H15F2N5S2. The van der Waals surface area contributed by atoms with Gasteiger partial charge < -0.3 is 10.3 Å². The topological polar surface area (TPSA) is 69.6 Å². The van der Waals surface area contributed by atoms with Gasteiger partial charge in [0.05, 0.1) is 10.6 Å². The Hall–Kier alpha value is -2.52. The van der Waals surface area contributed by atoms with E-state index < -0.39 is 11.6 Å². The van der Waals surface area contributed by atoms with Gasteiger partial charge in [0.2, 0.25) is 0 Å². The van der Waals surface area contributed by atoms with Gasteiger partial charge in [-0.05, 0) is 37.3 Å². The lowest BCUT2D eigenvalue weighted by Gasteiger charge is -2.07. The number of thiophene rings is 1. The van der Waals surface area contributed by atoms with Crippen LogP contribution in [0.15, 0.2) is 41.7 Å². The Bertz CT molecular complexity index is 1120. The average molecular weight is 403 g/mol. The molecule has 0 spiro atoms. The fraction of sp³-hybridized carbons (Fsp3) is 0.167. The van der Waals surface area contributed by atoms with Gasteiger partial charge in [0.1, 0.15) is 16.5 Å². The highest BCUT2D eigenvalue weighted by atomic mass is 32.2. The fourth-order valence-electron chi connectivity index (χ4n) is 2.76. The molecule has 0 radical (unpaired) electrons. The number of nitrogens with two attached hydrogens (primary N) is 1. The zero-order valence-electron chi connectivity index (χ0n) is 14.3. The van der Waals surface area contributed by atoms with E-state index in [1.165, 1.54) is 29.2 Å². The van der Waals surface area contributed by atoms with Crippen LogP contribution in [0, 0.1) is 11.6 Å². The van der Waals surface area contributed by atoms with E-state index in [9.17, 15) is 8.78 Å². The van der Waals surface area contributed by atoms with E-state index in [2.05, 4.69) is 15.2 Å². The third kappa shape index (κ3) is 3.28. The molecule has 0 unspecified atom stereocenters. The predicted octanol–water partition coefficient (Wildman–Crippen LogP) is 4.73. The molecule has 0 aliphatic heterocycles. The summed E-state index contributed by atoms with van der Waals surface area (Å²) in [5.74, 6) is 0.00692. The summed E-state index contributed by atoms with van der Waals surface area (Å²) < 4.78 is 29.1. The summed E-state index contributed by atoms with van der Waals surface area (Å²) in [6.07, 6.45) is 1.72. The second-order valence-corrected chi connectivity index (χ2v) is 7.72. The normalized spacial score (nSPS) is 11.4.